The maximum Gasteiger partial charge on any atom is 0.305 e. The Morgan fingerprint density at radius 3 is 2.44 bits per heavy atom. The Balaban J connectivity index is 2.07. The summed E-state index contributed by atoms with van der Waals surface area (Å²) in [6.07, 6.45) is 6.50. The van der Waals surface area contributed by atoms with Gasteiger partial charge in [-0.2, -0.15) is 11.8 Å². The van der Waals surface area contributed by atoms with Gasteiger partial charge in [-0.05, 0) is 38.1 Å². The number of carbonyl (C=O) groups is 1. The Morgan fingerprint density at radius 2 is 1.94 bits per heavy atom. The van der Waals surface area contributed by atoms with Crippen LogP contribution in [0.4, 0.5) is 0 Å². The smallest absolute Gasteiger partial charge is 0.305 e. The lowest BCUT2D eigenvalue weighted by molar-refractivity contribution is -0.140. The van der Waals surface area contributed by atoms with Crippen LogP contribution in [-0.4, -0.2) is 46.1 Å². The van der Waals surface area contributed by atoms with Crippen LogP contribution in [-0.2, 0) is 4.79 Å². The van der Waals surface area contributed by atoms with Crippen LogP contribution in [0.15, 0.2) is 0 Å². The Hall–Kier alpha value is -0.220. The molecule has 2 aliphatic rings. The van der Waals surface area contributed by atoms with Crippen LogP contribution in [0.1, 0.15) is 38.5 Å². The topological polar surface area (TPSA) is 40.5 Å². The van der Waals surface area contributed by atoms with Gasteiger partial charge in [-0.25, -0.2) is 0 Å². The van der Waals surface area contributed by atoms with Crippen molar-refractivity contribution in [2.24, 2.45) is 0 Å². The van der Waals surface area contributed by atoms with Crippen LogP contribution in [0.5, 0.6) is 0 Å². The molecule has 16 heavy (non-hydrogen) atoms. The van der Waals surface area contributed by atoms with Crippen LogP contribution in [0.3, 0.4) is 0 Å². The fourth-order valence-corrected chi connectivity index (χ4v) is 4.40. The second-order valence-corrected chi connectivity index (χ2v) is 6.10. The zero-order valence-corrected chi connectivity index (χ0v) is 10.6. The predicted octanol–water partition coefficient (Wildman–Crippen LogP) is 2.21. The van der Waals surface area contributed by atoms with E-state index in [1.54, 1.807) is 0 Å². The molecule has 4 heteroatoms. The monoisotopic (exact) mass is 243 g/mol. The number of hydrogen-bond donors (Lipinski definition) is 1. The van der Waals surface area contributed by atoms with Crippen molar-refractivity contribution in [1.29, 1.82) is 0 Å². The third-order valence-corrected chi connectivity index (χ3v) is 5.07. The van der Waals surface area contributed by atoms with E-state index in [1.807, 2.05) is 11.8 Å². The number of rotatable bonds is 3. The van der Waals surface area contributed by atoms with Gasteiger partial charge >= 0.3 is 5.97 Å². The molecule has 92 valence electrons. The highest BCUT2D eigenvalue weighted by Gasteiger charge is 2.41. The zero-order chi connectivity index (χ0) is 11.4. The van der Waals surface area contributed by atoms with E-state index in [4.69, 9.17) is 5.11 Å². The molecule has 2 saturated heterocycles. The van der Waals surface area contributed by atoms with E-state index in [9.17, 15) is 4.79 Å². The van der Waals surface area contributed by atoms with E-state index in [-0.39, 0.29) is 5.54 Å². The SMILES string of the molecule is O=C(O)CC1(N2CCCCCC2)CCSC1. The highest BCUT2D eigenvalue weighted by Crippen LogP contribution is 2.37. The normalized spacial score (nSPS) is 32.5. The molecule has 2 rings (SSSR count). The largest absolute Gasteiger partial charge is 0.481 e. The molecule has 0 aromatic carbocycles. The fraction of sp³-hybridized carbons (Fsp3) is 0.917. The minimum atomic E-state index is -0.633. The van der Waals surface area contributed by atoms with E-state index in [0.717, 1.165) is 31.0 Å². The molecule has 2 heterocycles. The molecule has 0 amide bonds. The van der Waals surface area contributed by atoms with Gasteiger partial charge in [0.25, 0.3) is 0 Å². The molecule has 1 N–H and O–H groups in total. The first-order chi connectivity index (χ1) is 7.73. The van der Waals surface area contributed by atoms with Gasteiger partial charge in [0.05, 0.1) is 6.42 Å². The number of carboxylic acids is 1. The summed E-state index contributed by atoms with van der Waals surface area (Å²) in [6.45, 7) is 2.21. The first-order valence-corrected chi connectivity index (χ1v) is 7.43. The van der Waals surface area contributed by atoms with Crippen molar-refractivity contribution in [3.05, 3.63) is 0 Å². The lowest BCUT2D eigenvalue weighted by Crippen LogP contribution is -2.50. The molecule has 2 aliphatic heterocycles. The Labute approximate surface area is 102 Å². The van der Waals surface area contributed by atoms with Crippen LogP contribution in [0, 0.1) is 0 Å². The van der Waals surface area contributed by atoms with Crippen LogP contribution < -0.4 is 0 Å². The third-order valence-electron chi connectivity index (χ3n) is 3.84. The minimum Gasteiger partial charge on any atom is -0.481 e. The first-order valence-electron chi connectivity index (χ1n) is 6.28. The third kappa shape index (κ3) is 2.72. The van der Waals surface area contributed by atoms with E-state index in [1.165, 1.54) is 25.7 Å². The van der Waals surface area contributed by atoms with Crippen molar-refractivity contribution in [3.8, 4) is 0 Å². The Morgan fingerprint density at radius 1 is 1.25 bits per heavy atom. The molecular weight excluding hydrogens is 222 g/mol. The zero-order valence-electron chi connectivity index (χ0n) is 9.78. The standard InChI is InChI=1S/C12H21NO2S/c14-11(15)9-12(5-8-16-10-12)13-6-3-1-2-4-7-13/h1-10H2,(H,14,15). The Kier molecular flexibility index (Phi) is 4.14. The van der Waals surface area contributed by atoms with Gasteiger partial charge in [0.2, 0.25) is 0 Å². The number of nitrogens with zero attached hydrogens (tertiary/aromatic N) is 1. The average molecular weight is 243 g/mol. The van der Waals surface area contributed by atoms with Crippen molar-refractivity contribution >= 4 is 17.7 Å². The summed E-state index contributed by atoms with van der Waals surface area (Å²) in [5.74, 6) is 1.51. The van der Waals surface area contributed by atoms with Crippen molar-refractivity contribution in [2.75, 3.05) is 24.6 Å². The van der Waals surface area contributed by atoms with Crippen molar-refractivity contribution < 1.29 is 9.90 Å². The molecule has 3 nitrogen and oxygen atoms in total. The maximum absolute atomic E-state index is 11.1. The van der Waals surface area contributed by atoms with Crippen LogP contribution in [0.2, 0.25) is 0 Å². The van der Waals surface area contributed by atoms with Gasteiger partial charge in [-0.1, -0.05) is 12.8 Å². The summed E-state index contributed by atoms with van der Waals surface area (Å²) in [5.41, 5.74) is -0.0269. The first kappa shape index (κ1) is 12.2. The van der Waals surface area contributed by atoms with E-state index >= 15 is 0 Å². The number of thioether (sulfide) groups is 1. The molecule has 0 aliphatic carbocycles. The maximum atomic E-state index is 11.1. The van der Waals surface area contributed by atoms with Crippen molar-refractivity contribution in [3.63, 3.8) is 0 Å². The fourth-order valence-electron chi connectivity index (χ4n) is 2.92. The summed E-state index contributed by atoms with van der Waals surface area (Å²) >= 11 is 1.92. The van der Waals surface area contributed by atoms with Crippen LogP contribution in [0.25, 0.3) is 0 Å². The van der Waals surface area contributed by atoms with Gasteiger partial charge in [0, 0.05) is 11.3 Å². The molecular formula is C12H21NO2S. The summed E-state index contributed by atoms with van der Waals surface area (Å²) in [5, 5.41) is 9.10. The van der Waals surface area contributed by atoms with Gasteiger partial charge in [0.15, 0.2) is 0 Å². The molecule has 2 fully saturated rings. The number of likely N-dealkylation sites (tertiary alicyclic amines) is 1. The number of hydrogen-bond acceptors (Lipinski definition) is 3. The minimum absolute atomic E-state index is 0.0269. The lowest BCUT2D eigenvalue weighted by Gasteiger charge is -2.39. The van der Waals surface area contributed by atoms with E-state index in [0.29, 0.717) is 6.42 Å². The van der Waals surface area contributed by atoms with E-state index in [2.05, 4.69) is 4.90 Å². The number of aliphatic carboxylic acids is 1. The van der Waals surface area contributed by atoms with Crippen molar-refractivity contribution in [2.45, 2.75) is 44.1 Å². The molecule has 0 radical (unpaired) electrons. The second-order valence-electron chi connectivity index (χ2n) is 5.00. The summed E-state index contributed by atoms with van der Waals surface area (Å²) in [7, 11) is 0. The number of carboxylic acid groups (broad SMARTS) is 1. The second kappa shape index (κ2) is 5.41. The van der Waals surface area contributed by atoms with Gasteiger partial charge < -0.3 is 5.11 Å². The van der Waals surface area contributed by atoms with Gasteiger partial charge in [-0.15, -0.1) is 0 Å². The van der Waals surface area contributed by atoms with Gasteiger partial charge in [-0.3, -0.25) is 9.69 Å². The lowest BCUT2D eigenvalue weighted by atomic mass is 9.92. The Bertz CT molecular complexity index is 243. The molecule has 1 atom stereocenters. The highest BCUT2D eigenvalue weighted by atomic mass is 32.2. The van der Waals surface area contributed by atoms with Crippen molar-refractivity contribution in [1.82, 2.24) is 4.90 Å². The predicted molar refractivity (Wildman–Crippen MR) is 67.0 cm³/mol. The molecule has 0 aromatic heterocycles. The molecule has 0 aromatic rings. The average Bonchev–Trinajstić information content (AvgIpc) is 2.54. The highest BCUT2D eigenvalue weighted by molar-refractivity contribution is 7.99. The van der Waals surface area contributed by atoms with Crippen LogP contribution >= 0.6 is 11.8 Å². The summed E-state index contributed by atoms with van der Waals surface area (Å²) in [4.78, 5) is 13.5. The molecule has 0 bridgehead atoms. The summed E-state index contributed by atoms with van der Waals surface area (Å²) in [6, 6.07) is 0. The summed E-state index contributed by atoms with van der Waals surface area (Å²) < 4.78 is 0. The van der Waals surface area contributed by atoms with E-state index < -0.39 is 5.97 Å². The molecule has 1 unspecified atom stereocenters. The quantitative estimate of drug-likeness (QED) is 0.825. The van der Waals surface area contributed by atoms with Gasteiger partial charge in [0.1, 0.15) is 0 Å². The molecule has 0 spiro atoms. The molecule has 0 saturated carbocycles.